The van der Waals surface area contributed by atoms with Gasteiger partial charge in [0.25, 0.3) is 0 Å². The van der Waals surface area contributed by atoms with Crippen LogP contribution in [0.15, 0.2) is 4.99 Å². The van der Waals surface area contributed by atoms with Crippen molar-refractivity contribution in [3.8, 4) is 0 Å². The maximum absolute atomic E-state index is 11.7. The standard InChI is InChI=1S/C18H33N3O2S/c1-14(2)20-17(19-11-16-6-10-24(22,23)12-16)21-9-5-15(3)18(13-21)7-4-8-18/h14-16H,4-13H2,1-3H3,(H,19,20). The molecule has 0 radical (unpaired) electrons. The fraction of sp³-hybridized carbons (Fsp3) is 0.944. The molecule has 3 fully saturated rings. The molecule has 0 aromatic carbocycles. The first-order valence-electron chi connectivity index (χ1n) is 9.56. The SMILES string of the molecule is CC(C)NC(=NCC1CCS(=O)(=O)C1)N1CCC(C)C2(CCC2)C1. The predicted molar refractivity (Wildman–Crippen MR) is 99.0 cm³/mol. The summed E-state index contributed by atoms with van der Waals surface area (Å²) < 4.78 is 23.3. The Balaban J connectivity index is 1.68. The van der Waals surface area contributed by atoms with Crippen LogP contribution in [0.25, 0.3) is 0 Å². The molecular formula is C18H33N3O2S. The number of nitrogens with zero attached hydrogens (tertiary/aromatic N) is 2. The van der Waals surface area contributed by atoms with Gasteiger partial charge in [-0.1, -0.05) is 13.3 Å². The zero-order chi connectivity index (χ0) is 17.4. The molecule has 0 aromatic heterocycles. The average Bonchev–Trinajstić information content (AvgIpc) is 2.81. The van der Waals surface area contributed by atoms with E-state index in [1.54, 1.807) is 0 Å². The third-order valence-corrected chi connectivity index (χ3v) is 8.11. The third-order valence-electron chi connectivity index (χ3n) is 6.28. The molecule has 2 saturated heterocycles. The fourth-order valence-electron chi connectivity index (χ4n) is 4.46. The summed E-state index contributed by atoms with van der Waals surface area (Å²) in [4.78, 5) is 7.28. The van der Waals surface area contributed by atoms with Crippen molar-refractivity contribution < 1.29 is 8.42 Å². The van der Waals surface area contributed by atoms with Crippen molar-refractivity contribution >= 4 is 15.8 Å². The van der Waals surface area contributed by atoms with Crippen LogP contribution in [0, 0.1) is 17.3 Å². The maximum Gasteiger partial charge on any atom is 0.194 e. The van der Waals surface area contributed by atoms with E-state index >= 15 is 0 Å². The van der Waals surface area contributed by atoms with Crippen molar-refractivity contribution in [2.75, 3.05) is 31.1 Å². The Morgan fingerprint density at radius 3 is 2.62 bits per heavy atom. The molecule has 6 heteroatoms. The smallest absolute Gasteiger partial charge is 0.194 e. The Hall–Kier alpha value is -0.780. The van der Waals surface area contributed by atoms with E-state index < -0.39 is 9.84 Å². The van der Waals surface area contributed by atoms with Gasteiger partial charge in [-0.15, -0.1) is 0 Å². The summed E-state index contributed by atoms with van der Waals surface area (Å²) in [5, 5.41) is 3.52. The lowest BCUT2D eigenvalue weighted by Crippen LogP contribution is -2.56. The van der Waals surface area contributed by atoms with Crippen molar-refractivity contribution in [2.24, 2.45) is 22.2 Å². The summed E-state index contributed by atoms with van der Waals surface area (Å²) in [6.07, 6.45) is 6.06. The Morgan fingerprint density at radius 1 is 1.33 bits per heavy atom. The second-order valence-electron chi connectivity index (χ2n) is 8.56. The number of sulfone groups is 1. The molecule has 1 aliphatic carbocycles. The molecule has 0 bridgehead atoms. The number of hydrogen-bond acceptors (Lipinski definition) is 3. The van der Waals surface area contributed by atoms with E-state index in [-0.39, 0.29) is 5.92 Å². The third kappa shape index (κ3) is 3.89. The van der Waals surface area contributed by atoms with E-state index in [1.165, 1.54) is 25.7 Å². The predicted octanol–water partition coefficient (Wildman–Crippen LogP) is 2.29. The molecule has 2 heterocycles. The summed E-state index contributed by atoms with van der Waals surface area (Å²) >= 11 is 0. The van der Waals surface area contributed by atoms with Gasteiger partial charge in [-0.3, -0.25) is 4.99 Å². The zero-order valence-electron chi connectivity index (χ0n) is 15.4. The molecule has 1 spiro atoms. The van der Waals surface area contributed by atoms with Gasteiger partial charge >= 0.3 is 0 Å². The van der Waals surface area contributed by atoms with Crippen LogP contribution in [0.1, 0.15) is 52.9 Å². The topological polar surface area (TPSA) is 61.8 Å². The van der Waals surface area contributed by atoms with E-state index in [4.69, 9.17) is 4.99 Å². The minimum absolute atomic E-state index is 0.195. The molecule has 2 unspecified atom stereocenters. The Kier molecular flexibility index (Phi) is 5.14. The average molecular weight is 356 g/mol. The van der Waals surface area contributed by atoms with Crippen LogP contribution < -0.4 is 5.32 Å². The summed E-state index contributed by atoms with van der Waals surface area (Å²) in [6, 6.07) is 0.341. The number of rotatable bonds is 3. The highest BCUT2D eigenvalue weighted by atomic mass is 32.2. The number of piperidine rings is 1. The molecular weight excluding hydrogens is 322 g/mol. The summed E-state index contributed by atoms with van der Waals surface area (Å²) in [5.41, 5.74) is 0.494. The van der Waals surface area contributed by atoms with Gasteiger partial charge in [0, 0.05) is 25.7 Å². The van der Waals surface area contributed by atoms with Gasteiger partial charge in [0.2, 0.25) is 0 Å². The minimum atomic E-state index is -2.82. The van der Waals surface area contributed by atoms with Gasteiger partial charge in [0.15, 0.2) is 15.8 Å². The molecule has 5 nitrogen and oxygen atoms in total. The van der Waals surface area contributed by atoms with Gasteiger partial charge in [-0.25, -0.2) is 8.42 Å². The number of aliphatic imine (C=N–C) groups is 1. The molecule has 2 atom stereocenters. The van der Waals surface area contributed by atoms with Gasteiger partial charge in [-0.2, -0.15) is 0 Å². The molecule has 1 saturated carbocycles. The Labute approximate surface area is 147 Å². The van der Waals surface area contributed by atoms with Crippen molar-refractivity contribution in [2.45, 2.75) is 58.9 Å². The van der Waals surface area contributed by atoms with Crippen LogP contribution in [0.3, 0.4) is 0 Å². The van der Waals surface area contributed by atoms with Crippen molar-refractivity contribution in [3.63, 3.8) is 0 Å². The molecule has 138 valence electrons. The second-order valence-corrected chi connectivity index (χ2v) is 10.8. The summed E-state index contributed by atoms with van der Waals surface area (Å²) in [7, 11) is -2.82. The first-order valence-corrected chi connectivity index (χ1v) is 11.4. The van der Waals surface area contributed by atoms with Crippen LogP contribution in [0.5, 0.6) is 0 Å². The first-order chi connectivity index (χ1) is 11.3. The lowest BCUT2D eigenvalue weighted by atomic mass is 9.59. The molecule has 3 aliphatic rings. The highest BCUT2D eigenvalue weighted by Gasteiger charge is 2.46. The Bertz CT molecular complexity index is 581. The van der Waals surface area contributed by atoms with Crippen LogP contribution in [-0.2, 0) is 9.84 Å². The lowest BCUT2D eigenvalue weighted by molar-refractivity contribution is -0.00526. The molecule has 0 amide bonds. The van der Waals surface area contributed by atoms with Gasteiger partial charge in [-0.05, 0) is 56.8 Å². The van der Waals surface area contributed by atoms with Crippen molar-refractivity contribution in [3.05, 3.63) is 0 Å². The molecule has 3 rings (SSSR count). The number of guanidine groups is 1. The van der Waals surface area contributed by atoms with E-state index in [9.17, 15) is 8.42 Å². The van der Waals surface area contributed by atoms with E-state index in [0.717, 1.165) is 31.4 Å². The van der Waals surface area contributed by atoms with Crippen LogP contribution in [-0.4, -0.2) is 56.5 Å². The number of nitrogens with one attached hydrogen (secondary N) is 1. The van der Waals surface area contributed by atoms with E-state index in [2.05, 4.69) is 31.0 Å². The van der Waals surface area contributed by atoms with Gasteiger partial charge < -0.3 is 10.2 Å². The highest BCUT2D eigenvalue weighted by molar-refractivity contribution is 7.91. The number of likely N-dealkylation sites (tertiary alicyclic amines) is 1. The van der Waals surface area contributed by atoms with Gasteiger partial charge in [0.05, 0.1) is 11.5 Å². The highest BCUT2D eigenvalue weighted by Crippen LogP contribution is 2.50. The zero-order valence-corrected chi connectivity index (χ0v) is 16.2. The monoisotopic (exact) mass is 355 g/mol. The Morgan fingerprint density at radius 2 is 2.08 bits per heavy atom. The maximum atomic E-state index is 11.7. The van der Waals surface area contributed by atoms with Crippen LogP contribution in [0.4, 0.5) is 0 Å². The van der Waals surface area contributed by atoms with Crippen LogP contribution in [0.2, 0.25) is 0 Å². The molecule has 0 aromatic rings. The second kappa shape index (κ2) is 6.85. The van der Waals surface area contributed by atoms with Gasteiger partial charge in [0.1, 0.15) is 0 Å². The minimum Gasteiger partial charge on any atom is -0.354 e. The largest absolute Gasteiger partial charge is 0.354 e. The summed E-state index contributed by atoms with van der Waals surface area (Å²) in [5.74, 6) is 2.65. The molecule has 2 aliphatic heterocycles. The normalized spacial score (nSPS) is 32.2. The fourth-order valence-corrected chi connectivity index (χ4v) is 6.31. The summed E-state index contributed by atoms with van der Waals surface area (Å²) in [6.45, 7) is 9.49. The van der Waals surface area contributed by atoms with Crippen LogP contribution >= 0.6 is 0 Å². The van der Waals surface area contributed by atoms with E-state index in [0.29, 0.717) is 29.5 Å². The molecule has 1 N–H and O–H groups in total. The number of hydrogen-bond donors (Lipinski definition) is 1. The van der Waals surface area contributed by atoms with Crippen molar-refractivity contribution in [1.29, 1.82) is 0 Å². The quantitative estimate of drug-likeness (QED) is 0.623. The van der Waals surface area contributed by atoms with Crippen molar-refractivity contribution in [1.82, 2.24) is 10.2 Å². The van der Waals surface area contributed by atoms with E-state index in [1.807, 2.05) is 0 Å². The lowest BCUT2D eigenvalue weighted by Gasteiger charge is -2.53. The first kappa shape index (κ1) is 18.0. The molecule has 24 heavy (non-hydrogen) atoms.